The van der Waals surface area contributed by atoms with Crippen molar-refractivity contribution in [1.82, 2.24) is 0 Å². The number of halogens is 3. The number of hydrogen-bond donors (Lipinski definition) is 2. The van der Waals surface area contributed by atoms with Crippen LogP contribution in [0.2, 0.25) is 0 Å². The van der Waals surface area contributed by atoms with Crippen molar-refractivity contribution in [1.29, 1.82) is 0 Å². The molecular weight excluding hydrogens is 481 g/mol. The second kappa shape index (κ2) is 10.4. The average molecular weight is 507 g/mol. The summed E-state index contributed by atoms with van der Waals surface area (Å²) in [6.45, 7) is 5.66. The molecule has 0 aliphatic carbocycles. The molecule has 10 heteroatoms. The number of amides is 1. The lowest BCUT2D eigenvalue weighted by molar-refractivity contribution is -0.137. The Morgan fingerprint density at radius 1 is 1.00 bits per heavy atom. The highest BCUT2D eigenvalue weighted by atomic mass is 32.2. The lowest BCUT2D eigenvalue weighted by Crippen LogP contribution is -2.21. The molecule has 0 spiro atoms. The molecule has 186 valence electrons. The second-order valence-electron chi connectivity index (χ2n) is 8.19. The molecule has 0 saturated heterocycles. The number of para-hydroxylation sites is 1. The fourth-order valence-corrected chi connectivity index (χ4v) is 4.40. The molecule has 0 heterocycles. The molecule has 3 aromatic rings. The summed E-state index contributed by atoms with van der Waals surface area (Å²) < 4.78 is 71.4. The van der Waals surface area contributed by atoms with E-state index in [2.05, 4.69) is 10.0 Å². The first-order valence-electron chi connectivity index (χ1n) is 10.7. The lowest BCUT2D eigenvalue weighted by Gasteiger charge is -2.16. The number of hydrogen-bond acceptors (Lipinski definition) is 4. The van der Waals surface area contributed by atoms with Gasteiger partial charge in [-0.05, 0) is 66.4 Å². The zero-order valence-electron chi connectivity index (χ0n) is 19.3. The third kappa shape index (κ3) is 6.75. The van der Waals surface area contributed by atoms with Crippen molar-refractivity contribution in [3.8, 4) is 5.75 Å². The van der Waals surface area contributed by atoms with Crippen molar-refractivity contribution >= 4 is 27.3 Å². The molecule has 3 rings (SSSR count). The van der Waals surface area contributed by atoms with Gasteiger partial charge >= 0.3 is 6.18 Å². The number of aryl methyl sites for hydroxylation is 1. The SMILES string of the molecule is Cc1cccc(C(C)C)c1NC(=O)COc1ccc(S(=O)(=O)Nc2cccc(C(F)(F)F)c2)cc1. The monoisotopic (exact) mass is 506 g/mol. The van der Waals surface area contributed by atoms with E-state index in [1.165, 1.54) is 30.3 Å². The maximum absolute atomic E-state index is 12.9. The van der Waals surface area contributed by atoms with Gasteiger partial charge in [0.1, 0.15) is 5.75 Å². The van der Waals surface area contributed by atoms with Crippen LogP contribution in [0.15, 0.2) is 71.6 Å². The van der Waals surface area contributed by atoms with Crippen molar-refractivity contribution in [3.05, 3.63) is 83.4 Å². The third-order valence-electron chi connectivity index (χ3n) is 5.14. The normalized spacial score (nSPS) is 11.9. The van der Waals surface area contributed by atoms with Gasteiger partial charge in [-0.1, -0.05) is 38.1 Å². The molecule has 0 aromatic heterocycles. The second-order valence-corrected chi connectivity index (χ2v) is 9.87. The van der Waals surface area contributed by atoms with Crippen molar-refractivity contribution in [2.45, 2.75) is 37.8 Å². The standard InChI is InChI=1S/C25H25F3N2O4S/c1-16(2)22-9-4-6-17(3)24(22)29-23(31)15-34-20-10-12-21(13-11-20)35(32,33)30-19-8-5-7-18(14-19)25(26,27)28/h4-14,16,30H,15H2,1-3H3,(H,29,31). The molecule has 0 fully saturated rings. The Hall–Kier alpha value is -3.53. The highest BCUT2D eigenvalue weighted by molar-refractivity contribution is 7.92. The Kier molecular flexibility index (Phi) is 7.74. The number of alkyl halides is 3. The summed E-state index contributed by atoms with van der Waals surface area (Å²) in [6, 6.07) is 14.9. The molecule has 0 aliphatic heterocycles. The largest absolute Gasteiger partial charge is 0.484 e. The Balaban J connectivity index is 1.64. The first-order valence-corrected chi connectivity index (χ1v) is 12.2. The number of rotatable bonds is 8. The third-order valence-corrected chi connectivity index (χ3v) is 6.53. The van der Waals surface area contributed by atoms with Gasteiger partial charge in [0, 0.05) is 11.4 Å². The Morgan fingerprint density at radius 2 is 1.66 bits per heavy atom. The summed E-state index contributed by atoms with van der Waals surface area (Å²) in [6.07, 6.45) is -4.59. The van der Waals surface area contributed by atoms with Crippen LogP contribution in [0.4, 0.5) is 24.5 Å². The Morgan fingerprint density at radius 3 is 2.29 bits per heavy atom. The summed E-state index contributed by atoms with van der Waals surface area (Å²) in [7, 11) is -4.13. The number of sulfonamides is 1. The summed E-state index contributed by atoms with van der Waals surface area (Å²) >= 11 is 0. The van der Waals surface area contributed by atoms with E-state index < -0.39 is 21.8 Å². The number of nitrogens with one attached hydrogen (secondary N) is 2. The predicted molar refractivity (Wildman–Crippen MR) is 128 cm³/mol. The van der Waals surface area contributed by atoms with Crippen LogP contribution in [0.25, 0.3) is 0 Å². The molecule has 0 saturated carbocycles. The van der Waals surface area contributed by atoms with Gasteiger partial charge in [0.05, 0.1) is 10.5 Å². The lowest BCUT2D eigenvalue weighted by atomic mass is 9.98. The Bertz CT molecular complexity index is 1310. The van der Waals surface area contributed by atoms with Crippen LogP contribution >= 0.6 is 0 Å². The van der Waals surface area contributed by atoms with Crippen LogP contribution in [0, 0.1) is 6.92 Å². The number of carbonyl (C=O) groups excluding carboxylic acids is 1. The van der Waals surface area contributed by atoms with Gasteiger partial charge in [-0.15, -0.1) is 0 Å². The van der Waals surface area contributed by atoms with Crippen LogP contribution in [-0.2, 0) is 21.0 Å². The zero-order valence-corrected chi connectivity index (χ0v) is 20.1. The molecule has 6 nitrogen and oxygen atoms in total. The maximum Gasteiger partial charge on any atom is 0.416 e. The smallest absolute Gasteiger partial charge is 0.416 e. The van der Waals surface area contributed by atoms with Crippen molar-refractivity contribution in [3.63, 3.8) is 0 Å². The summed E-state index contributed by atoms with van der Waals surface area (Å²) in [5.41, 5.74) is 1.48. The van der Waals surface area contributed by atoms with Gasteiger partial charge in [0.15, 0.2) is 6.61 Å². The minimum Gasteiger partial charge on any atom is -0.484 e. The number of carbonyl (C=O) groups is 1. The number of anilines is 2. The highest BCUT2D eigenvalue weighted by Gasteiger charge is 2.30. The first-order chi connectivity index (χ1) is 16.4. The van der Waals surface area contributed by atoms with Crippen molar-refractivity contribution < 1.29 is 31.1 Å². The van der Waals surface area contributed by atoms with Gasteiger partial charge in [0.25, 0.3) is 15.9 Å². The first kappa shape index (κ1) is 26.1. The van der Waals surface area contributed by atoms with E-state index in [1.807, 2.05) is 39.0 Å². The molecule has 3 aromatic carbocycles. The Labute approximate surface area is 202 Å². The molecule has 1 amide bonds. The van der Waals surface area contributed by atoms with E-state index in [9.17, 15) is 26.4 Å². The van der Waals surface area contributed by atoms with Gasteiger partial charge in [-0.25, -0.2) is 8.42 Å². The van der Waals surface area contributed by atoms with Crippen LogP contribution in [0.1, 0.15) is 36.5 Å². The van der Waals surface area contributed by atoms with Crippen LogP contribution in [0.5, 0.6) is 5.75 Å². The molecule has 0 unspecified atom stereocenters. The van der Waals surface area contributed by atoms with E-state index in [0.717, 1.165) is 28.9 Å². The van der Waals surface area contributed by atoms with E-state index in [0.29, 0.717) is 6.07 Å². The zero-order chi connectivity index (χ0) is 25.8. The molecule has 0 atom stereocenters. The highest BCUT2D eigenvalue weighted by Crippen LogP contribution is 2.31. The van der Waals surface area contributed by atoms with Crippen molar-refractivity contribution in [2.24, 2.45) is 0 Å². The number of ether oxygens (including phenoxy) is 1. The van der Waals surface area contributed by atoms with Crippen LogP contribution < -0.4 is 14.8 Å². The molecular formula is C25H25F3N2O4S. The summed E-state index contributed by atoms with van der Waals surface area (Å²) in [5, 5.41) is 2.86. The topological polar surface area (TPSA) is 84.5 Å². The van der Waals surface area contributed by atoms with Crippen molar-refractivity contribution in [2.75, 3.05) is 16.6 Å². The van der Waals surface area contributed by atoms with Crippen LogP contribution in [-0.4, -0.2) is 20.9 Å². The molecule has 2 N–H and O–H groups in total. The van der Waals surface area contributed by atoms with Gasteiger partial charge < -0.3 is 10.1 Å². The van der Waals surface area contributed by atoms with Gasteiger partial charge in [-0.3, -0.25) is 9.52 Å². The van der Waals surface area contributed by atoms with E-state index >= 15 is 0 Å². The minimum absolute atomic E-state index is 0.173. The maximum atomic E-state index is 12.9. The number of benzene rings is 3. The molecule has 0 bridgehead atoms. The molecule has 35 heavy (non-hydrogen) atoms. The summed E-state index contributed by atoms with van der Waals surface area (Å²) in [5.74, 6) is 0.0984. The molecule has 0 aliphatic rings. The van der Waals surface area contributed by atoms with Gasteiger partial charge in [0.2, 0.25) is 0 Å². The minimum atomic E-state index is -4.59. The van der Waals surface area contributed by atoms with Crippen LogP contribution in [0.3, 0.4) is 0 Å². The quantitative estimate of drug-likeness (QED) is 0.395. The van der Waals surface area contributed by atoms with Gasteiger partial charge in [-0.2, -0.15) is 13.2 Å². The molecule has 0 radical (unpaired) electrons. The predicted octanol–water partition coefficient (Wildman–Crippen LogP) is 5.96. The fourth-order valence-electron chi connectivity index (χ4n) is 3.35. The summed E-state index contributed by atoms with van der Waals surface area (Å²) in [4.78, 5) is 12.2. The average Bonchev–Trinajstić information content (AvgIpc) is 2.78. The van der Waals surface area contributed by atoms with E-state index in [1.54, 1.807) is 0 Å². The van der Waals surface area contributed by atoms with E-state index in [4.69, 9.17) is 4.74 Å². The van der Waals surface area contributed by atoms with E-state index in [-0.39, 0.29) is 34.8 Å². The fraction of sp³-hybridized carbons (Fsp3) is 0.240.